The molecule has 1 rings (SSSR count). The maximum atomic E-state index is 11.5. The summed E-state index contributed by atoms with van der Waals surface area (Å²) in [5.74, 6) is -0.809. The maximum absolute atomic E-state index is 11.5. The Balaban J connectivity index is 2.07. The average molecular weight is 268 g/mol. The predicted octanol–water partition coefficient (Wildman–Crippen LogP) is 0.826. The molecule has 0 aliphatic heterocycles. The number of hydrogen-bond acceptors (Lipinski definition) is 3. The summed E-state index contributed by atoms with van der Waals surface area (Å²) in [4.78, 5) is 21.9. The summed E-state index contributed by atoms with van der Waals surface area (Å²) in [5.41, 5.74) is 0. The van der Waals surface area contributed by atoms with Crippen LogP contribution in [-0.4, -0.2) is 39.5 Å². The van der Waals surface area contributed by atoms with Crippen LogP contribution in [0.15, 0.2) is 18.5 Å². The Bertz CT molecular complexity index is 392. The second-order valence-corrected chi connectivity index (χ2v) is 4.36. The van der Waals surface area contributed by atoms with Gasteiger partial charge in [-0.05, 0) is 25.8 Å². The lowest BCUT2D eigenvalue weighted by Crippen LogP contribution is -2.41. The number of carboxylic acid groups (broad SMARTS) is 1. The molecule has 0 bridgehead atoms. The van der Waals surface area contributed by atoms with E-state index >= 15 is 0 Å². The number of carbonyl (C=O) groups is 2. The Hall–Kier alpha value is -2.05. The number of amides is 2. The van der Waals surface area contributed by atoms with Crippen LogP contribution in [-0.2, 0) is 11.3 Å². The number of aromatic nitrogens is 2. The molecule has 0 aliphatic rings. The Kier molecular flexibility index (Phi) is 6.42. The van der Waals surface area contributed by atoms with E-state index in [1.807, 2.05) is 19.2 Å². The summed E-state index contributed by atoms with van der Waals surface area (Å²) < 4.78 is 1.73. The number of nitrogens with one attached hydrogen (secondary N) is 2. The summed E-state index contributed by atoms with van der Waals surface area (Å²) in [5, 5.41) is 18.0. The third-order valence-corrected chi connectivity index (χ3v) is 2.59. The van der Waals surface area contributed by atoms with Crippen molar-refractivity contribution in [3.05, 3.63) is 18.5 Å². The van der Waals surface area contributed by atoms with Crippen molar-refractivity contribution in [2.45, 2.75) is 38.8 Å². The van der Waals surface area contributed by atoms with Crippen LogP contribution in [0.2, 0.25) is 0 Å². The SMILES string of the molecule is CC(CCCC(=O)O)NC(=O)NCCn1cccn1. The Morgan fingerprint density at radius 2 is 2.26 bits per heavy atom. The third kappa shape index (κ3) is 7.07. The molecule has 3 N–H and O–H groups in total. The zero-order valence-corrected chi connectivity index (χ0v) is 11.0. The zero-order chi connectivity index (χ0) is 14.1. The van der Waals surface area contributed by atoms with Crippen molar-refractivity contribution in [2.24, 2.45) is 0 Å². The molecule has 7 nitrogen and oxygen atoms in total. The largest absolute Gasteiger partial charge is 0.481 e. The van der Waals surface area contributed by atoms with Crippen molar-refractivity contribution in [1.82, 2.24) is 20.4 Å². The van der Waals surface area contributed by atoms with Crippen LogP contribution in [0.3, 0.4) is 0 Å². The summed E-state index contributed by atoms with van der Waals surface area (Å²) in [6, 6.07) is 1.55. The minimum absolute atomic E-state index is 0.0379. The monoisotopic (exact) mass is 268 g/mol. The van der Waals surface area contributed by atoms with Gasteiger partial charge in [-0.1, -0.05) is 0 Å². The van der Waals surface area contributed by atoms with Crippen LogP contribution in [0.25, 0.3) is 0 Å². The van der Waals surface area contributed by atoms with Crippen molar-refractivity contribution in [1.29, 1.82) is 0 Å². The number of hydrogen-bond donors (Lipinski definition) is 3. The molecule has 1 aromatic heterocycles. The number of rotatable bonds is 8. The van der Waals surface area contributed by atoms with Crippen LogP contribution in [0, 0.1) is 0 Å². The van der Waals surface area contributed by atoms with Gasteiger partial charge in [0.15, 0.2) is 0 Å². The highest BCUT2D eigenvalue weighted by Gasteiger charge is 2.07. The molecule has 0 spiro atoms. The molecule has 2 amide bonds. The highest BCUT2D eigenvalue weighted by Crippen LogP contribution is 2.00. The number of carbonyl (C=O) groups excluding carboxylic acids is 1. The Labute approximate surface area is 112 Å². The van der Waals surface area contributed by atoms with Crippen molar-refractivity contribution in [2.75, 3.05) is 6.54 Å². The minimum Gasteiger partial charge on any atom is -0.481 e. The van der Waals surface area contributed by atoms with E-state index in [9.17, 15) is 9.59 Å². The molecule has 1 atom stereocenters. The molecule has 1 aromatic rings. The first-order chi connectivity index (χ1) is 9.08. The topological polar surface area (TPSA) is 96.3 Å². The quantitative estimate of drug-likeness (QED) is 0.650. The van der Waals surface area contributed by atoms with Crippen molar-refractivity contribution in [3.63, 3.8) is 0 Å². The highest BCUT2D eigenvalue weighted by molar-refractivity contribution is 5.74. The molecule has 0 aliphatic carbocycles. The van der Waals surface area contributed by atoms with Gasteiger partial charge >= 0.3 is 12.0 Å². The van der Waals surface area contributed by atoms with Crippen LogP contribution in [0.5, 0.6) is 0 Å². The van der Waals surface area contributed by atoms with E-state index in [0.29, 0.717) is 25.9 Å². The fraction of sp³-hybridized carbons (Fsp3) is 0.583. The van der Waals surface area contributed by atoms with Gasteiger partial charge < -0.3 is 15.7 Å². The highest BCUT2D eigenvalue weighted by atomic mass is 16.4. The molecule has 0 radical (unpaired) electrons. The predicted molar refractivity (Wildman–Crippen MR) is 69.7 cm³/mol. The molecule has 7 heteroatoms. The summed E-state index contributed by atoms with van der Waals surface area (Å²) in [7, 11) is 0. The van der Waals surface area contributed by atoms with Gasteiger partial charge in [0.1, 0.15) is 0 Å². The third-order valence-electron chi connectivity index (χ3n) is 2.59. The van der Waals surface area contributed by atoms with Gasteiger partial charge in [-0.3, -0.25) is 9.48 Å². The first-order valence-corrected chi connectivity index (χ1v) is 6.31. The Morgan fingerprint density at radius 1 is 1.47 bits per heavy atom. The first-order valence-electron chi connectivity index (χ1n) is 6.31. The van der Waals surface area contributed by atoms with Gasteiger partial charge in [0.2, 0.25) is 0 Å². The zero-order valence-electron chi connectivity index (χ0n) is 11.0. The van der Waals surface area contributed by atoms with Crippen LogP contribution in [0.1, 0.15) is 26.2 Å². The molecule has 1 heterocycles. The van der Waals surface area contributed by atoms with Gasteiger partial charge in [0.25, 0.3) is 0 Å². The maximum Gasteiger partial charge on any atom is 0.315 e. The van der Waals surface area contributed by atoms with Crippen molar-refractivity contribution < 1.29 is 14.7 Å². The smallest absolute Gasteiger partial charge is 0.315 e. The number of aliphatic carboxylic acids is 1. The average Bonchev–Trinajstić information content (AvgIpc) is 2.81. The molecular weight excluding hydrogens is 248 g/mol. The molecule has 0 saturated carbocycles. The summed E-state index contributed by atoms with van der Waals surface area (Å²) in [6.07, 6.45) is 4.86. The molecule has 106 valence electrons. The number of carboxylic acids is 1. The minimum atomic E-state index is -0.809. The van der Waals surface area contributed by atoms with Crippen molar-refractivity contribution >= 4 is 12.0 Å². The molecule has 0 aromatic carbocycles. The van der Waals surface area contributed by atoms with E-state index in [1.165, 1.54) is 0 Å². The lowest BCUT2D eigenvalue weighted by molar-refractivity contribution is -0.137. The standard InChI is InChI=1S/C12H20N4O3/c1-10(4-2-5-11(17)18)15-12(19)13-7-9-16-8-3-6-14-16/h3,6,8,10H,2,4-5,7,9H2,1H3,(H,17,18)(H2,13,15,19). The van der Waals surface area contributed by atoms with E-state index in [1.54, 1.807) is 10.9 Å². The van der Waals surface area contributed by atoms with Crippen LogP contribution in [0.4, 0.5) is 4.79 Å². The van der Waals surface area contributed by atoms with E-state index in [-0.39, 0.29) is 18.5 Å². The molecule has 1 unspecified atom stereocenters. The van der Waals surface area contributed by atoms with Gasteiger partial charge in [0.05, 0.1) is 6.54 Å². The second kappa shape index (κ2) is 8.12. The normalized spacial score (nSPS) is 11.8. The van der Waals surface area contributed by atoms with E-state index in [4.69, 9.17) is 5.11 Å². The number of urea groups is 1. The Morgan fingerprint density at radius 3 is 2.89 bits per heavy atom. The second-order valence-electron chi connectivity index (χ2n) is 4.36. The van der Waals surface area contributed by atoms with Gasteiger partial charge in [-0.25, -0.2) is 4.79 Å². The molecule has 0 fully saturated rings. The lowest BCUT2D eigenvalue weighted by Gasteiger charge is -2.14. The van der Waals surface area contributed by atoms with E-state index in [2.05, 4.69) is 15.7 Å². The van der Waals surface area contributed by atoms with Gasteiger partial charge in [0, 0.05) is 31.4 Å². The van der Waals surface area contributed by atoms with Crippen molar-refractivity contribution in [3.8, 4) is 0 Å². The lowest BCUT2D eigenvalue weighted by atomic mass is 10.1. The van der Waals surface area contributed by atoms with Gasteiger partial charge in [-0.2, -0.15) is 5.10 Å². The molecule has 19 heavy (non-hydrogen) atoms. The van der Waals surface area contributed by atoms with E-state index < -0.39 is 5.97 Å². The summed E-state index contributed by atoms with van der Waals surface area (Å²) >= 11 is 0. The van der Waals surface area contributed by atoms with Crippen LogP contribution < -0.4 is 10.6 Å². The first kappa shape index (κ1) is 15.0. The molecule has 0 saturated heterocycles. The number of nitrogens with zero attached hydrogens (tertiary/aromatic N) is 2. The van der Waals surface area contributed by atoms with Crippen LogP contribution >= 0.6 is 0 Å². The fourth-order valence-electron chi connectivity index (χ4n) is 1.62. The summed E-state index contributed by atoms with van der Waals surface area (Å²) in [6.45, 7) is 2.97. The van der Waals surface area contributed by atoms with E-state index in [0.717, 1.165) is 0 Å². The fourth-order valence-corrected chi connectivity index (χ4v) is 1.62. The van der Waals surface area contributed by atoms with Gasteiger partial charge in [-0.15, -0.1) is 0 Å². The molecular formula is C12H20N4O3.